The highest BCUT2D eigenvalue weighted by Gasteiger charge is 2.54. The Labute approximate surface area is 248 Å². The predicted molar refractivity (Wildman–Crippen MR) is 154 cm³/mol. The number of carboxylic acid groups (broad SMARTS) is 1. The van der Waals surface area contributed by atoms with E-state index in [0.717, 1.165) is 11.3 Å². The third kappa shape index (κ3) is 5.81. The van der Waals surface area contributed by atoms with E-state index in [1.165, 1.54) is 51.9 Å². The Bertz CT molecular complexity index is 1590. The summed E-state index contributed by atoms with van der Waals surface area (Å²) in [4.78, 5) is 48.6. The zero-order valence-electron chi connectivity index (χ0n) is 21.0. The zero-order valence-corrected chi connectivity index (χ0v) is 24.3. The fourth-order valence-electron chi connectivity index (χ4n) is 3.92. The lowest BCUT2D eigenvalue weighted by Crippen LogP contribution is -2.71. The molecule has 2 aromatic heterocycles. The molecule has 0 bridgehead atoms. The average Bonchev–Trinajstić information content (AvgIpc) is 3.60. The van der Waals surface area contributed by atoms with Gasteiger partial charge in [-0.05, 0) is 30.7 Å². The van der Waals surface area contributed by atoms with Gasteiger partial charge in [0.05, 0.1) is 0 Å². The number of nitrogen functional groups attached to an aromatic ring is 1. The molecular weight excluding hydrogens is 615 g/mol. The molecule has 1 saturated heterocycles. The van der Waals surface area contributed by atoms with Gasteiger partial charge in [-0.25, -0.2) is 9.78 Å². The van der Waals surface area contributed by atoms with Crippen molar-refractivity contribution in [1.82, 2.24) is 25.4 Å². The van der Waals surface area contributed by atoms with Crippen molar-refractivity contribution in [2.24, 2.45) is 5.16 Å². The Balaban J connectivity index is 1.28. The van der Waals surface area contributed by atoms with Crippen molar-refractivity contribution in [3.8, 4) is 22.1 Å². The molecule has 41 heavy (non-hydrogen) atoms. The number of fused-ring (bicyclic) bond motifs is 1. The maximum atomic E-state index is 13.1. The van der Waals surface area contributed by atoms with Crippen LogP contribution in [0.25, 0.3) is 10.6 Å². The Morgan fingerprint density at radius 3 is 2.78 bits per heavy atom. The van der Waals surface area contributed by atoms with Crippen molar-refractivity contribution >= 4 is 74.8 Å². The highest BCUT2D eigenvalue weighted by molar-refractivity contribution is 8.01. The number of benzene rings is 1. The van der Waals surface area contributed by atoms with Crippen LogP contribution in [-0.4, -0.2) is 88.4 Å². The summed E-state index contributed by atoms with van der Waals surface area (Å²) in [5, 5.41) is 45.6. The number of oxime groups is 1. The number of aromatic hydroxyl groups is 2. The molecule has 4 heterocycles. The Morgan fingerprint density at radius 1 is 1.29 bits per heavy atom. The van der Waals surface area contributed by atoms with Gasteiger partial charge >= 0.3 is 5.97 Å². The van der Waals surface area contributed by atoms with Crippen LogP contribution >= 0.6 is 46.2 Å². The standard InChI is InChI=1S/C23H21N7O7S4/c1-2-37-29-14(11-8-39-22(24)25-11)17(33)26-15-19(34)30-16(21(35)36)10(6-38-20(15)30)7-40-23-28-27-18(41-23)9-3-4-12(31)13(32)5-9/h3-5,8,15,20,31-32H,2,6-7H2,1H3,(H2,24,25)(H,26,33)(H,35,36)/b29-14-/t15?,20-/m0/s1. The second-order valence-corrected chi connectivity index (χ2v) is 12.6. The lowest BCUT2D eigenvalue weighted by atomic mass is 10.0. The van der Waals surface area contributed by atoms with Crippen LogP contribution in [-0.2, 0) is 19.2 Å². The minimum absolute atomic E-state index is 0.125. The number of thioether (sulfide) groups is 2. The largest absolute Gasteiger partial charge is 0.504 e. The van der Waals surface area contributed by atoms with Gasteiger partial charge in [-0.2, -0.15) is 0 Å². The number of aromatic nitrogens is 3. The smallest absolute Gasteiger partial charge is 0.352 e. The fraction of sp³-hybridized carbons (Fsp3) is 0.261. The Kier molecular flexibility index (Phi) is 8.34. The first-order chi connectivity index (χ1) is 19.7. The molecule has 2 aliphatic rings. The first-order valence-electron chi connectivity index (χ1n) is 11.8. The second kappa shape index (κ2) is 11.9. The number of hydrogen-bond acceptors (Lipinski definition) is 15. The number of thiazole rings is 1. The number of carboxylic acids is 1. The Morgan fingerprint density at radius 2 is 2.10 bits per heavy atom. The minimum Gasteiger partial charge on any atom is -0.504 e. The number of anilines is 1. The number of phenols is 2. The Hall–Kier alpha value is -3.87. The van der Waals surface area contributed by atoms with Gasteiger partial charge in [0.2, 0.25) is 0 Å². The van der Waals surface area contributed by atoms with Crippen molar-refractivity contribution in [2.75, 3.05) is 23.8 Å². The zero-order chi connectivity index (χ0) is 29.3. The van der Waals surface area contributed by atoms with Crippen molar-refractivity contribution in [3.05, 3.63) is 40.5 Å². The number of phenolic OH excluding ortho intramolecular Hbond substituents is 2. The third-order valence-electron chi connectivity index (χ3n) is 5.80. The van der Waals surface area contributed by atoms with Crippen molar-refractivity contribution in [1.29, 1.82) is 0 Å². The van der Waals surface area contributed by atoms with Crippen LogP contribution in [0.15, 0.2) is 44.3 Å². The van der Waals surface area contributed by atoms with Gasteiger partial charge in [0.15, 0.2) is 26.7 Å². The molecule has 14 nitrogen and oxygen atoms in total. The second-order valence-electron chi connectivity index (χ2n) is 8.41. The third-order valence-corrected chi connectivity index (χ3v) is 10.0. The summed E-state index contributed by atoms with van der Waals surface area (Å²) < 4.78 is 0.556. The topological polar surface area (TPSA) is 213 Å². The molecule has 18 heteroatoms. The lowest BCUT2D eigenvalue weighted by molar-refractivity contribution is -0.150. The molecule has 6 N–H and O–H groups in total. The normalized spacial score (nSPS) is 18.6. The fourth-order valence-corrected chi connectivity index (χ4v) is 7.80. The van der Waals surface area contributed by atoms with E-state index in [1.807, 2.05) is 0 Å². The number of carbonyl (C=O) groups excluding carboxylic acids is 2. The van der Waals surface area contributed by atoms with Gasteiger partial charge in [-0.15, -0.1) is 33.3 Å². The van der Waals surface area contributed by atoms with Crippen LogP contribution in [0.4, 0.5) is 5.13 Å². The van der Waals surface area contributed by atoms with Gasteiger partial charge < -0.3 is 31.2 Å². The molecule has 0 radical (unpaired) electrons. The molecule has 2 aliphatic heterocycles. The van der Waals surface area contributed by atoms with E-state index in [1.54, 1.807) is 18.4 Å². The average molecular weight is 636 g/mol. The van der Waals surface area contributed by atoms with Crippen molar-refractivity contribution < 1.29 is 34.5 Å². The molecule has 0 spiro atoms. The number of rotatable bonds is 10. The number of β-lactam (4-membered cyclic amide) rings is 1. The van der Waals surface area contributed by atoms with Gasteiger partial charge in [0.1, 0.15) is 34.4 Å². The summed E-state index contributed by atoms with van der Waals surface area (Å²) >= 11 is 4.96. The molecule has 2 atom stereocenters. The minimum atomic E-state index is -1.25. The van der Waals surface area contributed by atoms with Crippen molar-refractivity contribution in [2.45, 2.75) is 22.7 Å². The van der Waals surface area contributed by atoms with Crippen LogP contribution in [0, 0.1) is 0 Å². The van der Waals surface area contributed by atoms with E-state index in [9.17, 15) is 29.7 Å². The van der Waals surface area contributed by atoms with Crippen LogP contribution < -0.4 is 11.1 Å². The highest BCUT2D eigenvalue weighted by atomic mass is 32.2. The quantitative estimate of drug-likeness (QED) is 0.0709. The van der Waals surface area contributed by atoms with E-state index in [4.69, 9.17) is 10.6 Å². The molecular formula is C23H21N7O7S4. The van der Waals surface area contributed by atoms with Gasteiger partial charge in [0, 0.05) is 22.4 Å². The number of aliphatic carboxylic acids is 1. The van der Waals surface area contributed by atoms with Gasteiger partial charge in [-0.3, -0.25) is 14.5 Å². The SMILES string of the molecule is CCO/N=C(\C(=O)NC1C(=O)N2C(C(=O)O)=C(CSc3nnc(-c4ccc(O)c(O)c4)s3)CS[C@@H]12)c1csc(N)n1. The molecule has 1 aromatic carbocycles. The van der Waals surface area contributed by atoms with Crippen LogP contribution in [0.1, 0.15) is 12.6 Å². The molecule has 3 aromatic rings. The molecule has 2 amide bonds. The number of nitrogens with zero attached hydrogens (tertiary/aromatic N) is 5. The van der Waals surface area contributed by atoms with E-state index in [-0.39, 0.29) is 46.1 Å². The maximum Gasteiger partial charge on any atom is 0.352 e. The number of carbonyl (C=O) groups is 3. The van der Waals surface area contributed by atoms with Crippen LogP contribution in [0.3, 0.4) is 0 Å². The molecule has 214 valence electrons. The van der Waals surface area contributed by atoms with Crippen LogP contribution in [0.2, 0.25) is 0 Å². The van der Waals surface area contributed by atoms with E-state index >= 15 is 0 Å². The summed E-state index contributed by atoms with van der Waals surface area (Å²) in [6, 6.07) is 3.34. The summed E-state index contributed by atoms with van der Waals surface area (Å²) in [5.41, 5.74) is 6.71. The summed E-state index contributed by atoms with van der Waals surface area (Å²) in [7, 11) is 0. The van der Waals surface area contributed by atoms with Crippen LogP contribution in [0.5, 0.6) is 11.5 Å². The number of amides is 2. The molecule has 0 saturated carbocycles. The number of nitrogens with two attached hydrogens (primary N) is 1. The molecule has 1 fully saturated rings. The molecule has 0 aliphatic carbocycles. The number of hydrogen-bond donors (Lipinski definition) is 5. The number of nitrogens with one attached hydrogen (secondary N) is 1. The summed E-state index contributed by atoms with van der Waals surface area (Å²) in [6.07, 6.45) is 0. The molecule has 1 unspecified atom stereocenters. The van der Waals surface area contributed by atoms with Gasteiger partial charge in [-0.1, -0.05) is 28.3 Å². The first-order valence-corrected chi connectivity index (χ1v) is 15.5. The first kappa shape index (κ1) is 28.7. The highest BCUT2D eigenvalue weighted by Crippen LogP contribution is 2.42. The monoisotopic (exact) mass is 635 g/mol. The predicted octanol–water partition coefficient (Wildman–Crippen LogP) is 1.93. The summed E-state index contributed by atoms with van der Waals surface area (Å²) in [5.74, 6) is -2.48. The summed E-state index contributed by atoms with van der Waals surface area (Å²) in [6.45, 7) is 1.90. The molecule has 5 rings (SSSR count). The lowest BCUT2D eigenvalue weighted by Gasteiger charge is -2.49. The van der Waals surface area contributed by atoms with E-state index in [0.29, 0.717) is 26.2 Å². The van der Waals surface area contributed by atoms with E-state index in [2.05, 4.69) is 25.7 Å². The van der Waals surface area contributed by atoms with Crippen molar-refractivity contribution in [3.63, 3.8) is 0 Å². The van der Waals surface area contributed by atoms with E-state index < -0.39 is 29.2 Å². The maximum absolute atomic E-state index is 13.1. The van der Waals surface area contributed by atoms with Gasteiger partial charge in [0.25, 0.3) is 11.8 Å².